The average Bonchev–Trinajstić information content (AvgIpc) is 3.81. The number of ether oxygens (including phenoxy) is 2. The zero-order valence-corrected chi connectivity index (χ0v) is 35.4. The van der Waals surface area contributed by atoms with Gasteiger partial charge in [0.25, 0.3) is 11.8 Å². The van der Waals surface area contributed by atoms with E-state index in [0.717, 1.165) is 40.9 Å². The Morgan fingerprint density at radius 1 is 1.07 bits per heavy atom. The molecule has 0 spiro atoms. The molecule has 59 heavy (non-hydrogen) atoms. The Labute approximate surface area is 350 Å². The molecule has 308 valence electrons. The summed E-state index contributed by atoms with van der Waals surface area (Å²) in [5.74, 6) is -0.288. The number of rotatable bonds is 8. The minimum Gasteiger partial charge on any atom is -0.485 e. The minimum absolute atomic E-state index is 0.0298. The van der Waals surface area contributed by atoms with Crippen LogP contribution in [0.3, 0.4) is 0 Å². The van der Waals surface area contributed by atoms with Gasteiger partial charge in [0.1, 0.15) is 34.9 Å². The van der Waals surface area contributed by atoms with Gasteiger partial charge in [0.15, 0.2) is 11.4 Å². The van der Waals surface area contributed by atoms with E-state index in [1.165, 1.54) is 41.3 Å². The molecule has 1 unspecified atom stereocenters. The number of nitrogens with one attached hydrogen (secondary N) is 3. The minimum atomic E-state index is -0.534. The predicted molar refractivity (Wildman–Crippen MR) is 232 cm³/mol. The number of benzene rings is 3. The van der Waals surface area contributed by atoms with Crippen molar-refractivity contribution >= 4 is 52.2 Å². The first-order valence-electron chi connectivity index (χ1n) is 19.4. The van der Waals surface area contributed by atoms with Crippen molar-refractivity contribution < 1.29 is 28.7 Å². The third kappa shape index (κ3) is 10.8. The van der Waals surface area contributed by atoms with Crippen molar-refractivity contribution in [3.63, 3.8) is 0 Å². The highest BCUT2D eigenvalue weighted by molar-refractivity contribution is 6.34. The second-order valence-corrected chi connectivity index (χ2v) is 15.7. The fourth-order valence-corrected chi connectivity index (χ4v) is 6.64. The molecule has 0 bridgehead atoms. The summed E-state index contributed by atoms with van der Waals surface area (Å²) >= 11 is 6.15. The number of nitrogens with zero attached hydrogens (tertiary/aromatic N) is 3. The summed E-state index contributed by atoms with van der Waals surface area (Å²) in [5.41, 5.74) is 7.09. The fraction of sp³-hybridized carbons (Fsp3) is 0.304. The first-order chi connectivity index (χ1) is 28.0. The maximum atomic E-state index is 13.0. The first-order valence-corrected chi connectivity index (χ1v) is 19.8. The highest BCUT2D eigenvalue weighted by atomic mass is 35.5. The Kier molecular flexibility index (Phi) is 14.1. The lowest BCUT2D eigenvalue weighted by Crippen LogP contribution is -2.25. The van der Waals surface area contributed by atoms with E-state index < -0.39 is 17.4 Å². The molecule has 1 aliphatic carbocycles. The van der Waals surface area contributed by atoms with E-state index in [2.05, 4.69) is 59.1 Å². The van der Waals surface area contributed by atoms with Crippen molar-refractivity contribution in [1.29, 1.82) is 0 Å². The number of carbonyl (C=O) groups excluding carboxylic acids is 4. The maximum Gasteiger partial charge on any atom is 0.338 e. The number of carbonyl (C=O) groups is 4. The summed E-state index contributed by atoms with van der Waals surface area (Å²) < 4.78 is 12.3. The third-order valence-electron chi connectivity index (χ3n) is 9.54. The summed E-state index contributed by atoms with van der Waals surface area (Å²) in [6.45, 7) is 21.3. The monoisotopic (exact) mass is 818 g/mol. The molecule has 3 N–H and O–H groups in total. The van der Waals surface area contributed by atoms with Crippen molar-refractivity contribution in [1.82, 2.24) is 19.9 Å². The number of aromatic nitrogens is 3. The summed E-state index contributed by atoms with van der Waals surface area (Å²) in [6.07, 6.45) is 6.52. The van der Waals surface area contributed by atoms with Gasteiger partial charge in [0.05, 0.1) is 28.2 Å². The number of hydrogen-bond donors (Lipinski definition) is 3. The molecule has 0 saturated heterocycles. The van der Waals surface area contributed by atoms with Gasteiger partial charge in [-0.2, -0.15) is 5.10 Å². The van der Waals surface area contributed by atoms with Gasteiger partial charge in [-0.25, -0.2) is 14.3 Å². The molecule has 2 aliphatic rings. The SMILES string of the molecule is C=C1COc2ccc(CNC(=O)c3cc(C(C)=O)n4ncc(C(=O)Nc5ccccc5Cl)c4n3)cc2N1.C=CCC.Cc1c(C(=O)OC(C)(C)C)ccc2c1CCC2C. The van der Waals surface area contributed by atoms with Crippen LogP contribution in [0.25, 0.3) is 5.65 Å². The number of Topliss-reactive ketones (excluding diaryl/α,β-unsaturated/α-hetero) is 1. The first kappa shape index (κ1) is 43.8. The lowest BCUT2D eigenvalue weighted by Gasteiger charge is -2.21. The van der Waals surface area contributed by atoms with Gasteiger partial charge in [0, 0.05) is 19.2 Å². The number of para-hydroxylation sites is 1. The maximum absolute atomic E-state index is 13.0. The number of ketones is 1. The van der Waals surface area contributed by atoms with Crippen LogP contribution in [0.1, 0.15) is 124 Å². The molecule has 0 fully saturated rings. The van der Waals surface area contributed by atoms with E-state index in [9.17, 15) is 19.2 Å². The van der Waals surface area contributed by atoms with E-state index >= 15 is 0 Å². The van der Waals surface area contributed by atoms with Crippen LogP contribution in [0.15, 0.2) is 91.8 Å². The van der Waals surface area contributed by atoms with Crippen molar-refractivity contribution in [3.05, 3.63) is 142 Å². The van der Waals surface area contributed by atoms with E-state index in [-0.39, 0.29) is 40.9 Å². The number of anilines is 2. The molecule has 2 amide bonds. The van der Waals surface area contributed by atoms with Crippen LogP contribution in [0, 0.1) is 6.92 Å². The Hall–Kier alpha value is -6.27. The van der Waals surface area contributed by atoms with Crippen LogP contribution in [0.2, 0.25) is 5.02 Å². The molecule has 5 aromatic rings. The highest BCUT2D eigenvalue weighted by Gasteiger charge is 2.26. The molecule has 1 atom stereocenters. The molecule has 1 aliphatic heterocycles. The number of amides is 2. The van der Waals surface area contributed by atoms with Gasteiger partial charge < -0.3 is 25.4 Å². The van der Waals surface area contributed by atoms with Crippen LogP contribution in [-0.4, -0.2) is 50.4 Å². The van der Waals surface area contributed by atoms with Crippen LogP contribution in [0.5, 0.6) is 5.75 Å². The average molecular weight is 819 g/mol. The van der Waals surface area contributed by atoms with Gasteiger partial charge in [-0.3, -0.25) is 14.4 Å². The molecular weight excluding hydrogens is 768 g/mol. The number of halogens is 1. The fourth-order valence-electron chi connectivity index (χ4n) is 6.46. The van der Waals surface area contributed by atoms with Crippen LogP contribution in [-0.2, 0) is 17.7 Å². The van der Waals surface area contributed by atoms with Gasteiger partial charge in [-0.15, -0.1) is 6.58 Å². The lowest BCUT2D eigenvalue weighted by molar-refractivity contribution is 0.00682. The van der Waals surface area contributed by atoms with Crippen molar-refractivity contribution in [2.24, 2.45) is 0 Å². The Morgan fingerprint density at radius 3 is 2.47 bits per heavy atom. The van der Waals surface area contributed by atoms with E-state index in [4.69, 9.17) is 21.1 Å². The number of esters is 1. The lowest BCUT2D eigenvalue weighted by atomic mass is 9.96. The van der Waals surface area contributed by atoms with Crippen LogP contribution >= 0.6 is 11.6 Å². The molecule has 0 saturated carbocycles. The summed E-state index contributed by atoms with van der Waals surface area (Å²) in [7, 11) is 0. The second-order valence-electron chi connectivity index (χ2n) is 15.3. The molecule has 0 radical (unpaired) electrons. The molecule has 13 heteroatoms. The molecule has 7 rings (SSSR count). The van der Waals surface area contributed by atoms with E-state index in [0.29, 0.717) is 29.0 Å². The van der Waals surface area contributed by atoms with Gasteiger partial charge in [-0.05, 0) is 112 Å². The van der Waals surface area contributed by atoms with Crippen LogP contribution < -0.4 is 20.7 Å². The molecule has 3 heterocycles. The highest BCUT2D eigenvalue weighted by Crippen LogP contribution is 2.36. The number of hydrogen-bond acceptors (Lipinski definition) is 9. The topological polar surface area (TPSA) is 153 Å². The van der Waals surface area contributed by atoms with Crippen molar-refractivity contribution in [3.8, 4) is 5.75 Å². The van der Waals surface area contributed by atoms with Gasteiger partial charge in [0.2, 0.25) is 0 Å². The summed E-state index contributed by atoms with van der Waals surface area (Å²) in [6, 6.07) is 17.6. The predicted octanol–water partition coefficient (Wildman–Crippen LogP) is 9.67. The standard InChI is InChI=1S/C26H21ClN6O4.C16H22O2.C4H8/c1-14-13-37-23-8-7-16(9-20(23)30-14)11-28-26(36)21-10-22(15(2)34)33-24(31-21)17(12-29-33)25(35)32-19-6-4-3-5-18(19)27;1-10-6-7-13-11(2)14(9-8-12(10)13)15(17)18-16(3,4)5;1-3-4-2/h3-10,12,30H,1,11,13H2,2H3,(H,28,36)(H,32,35);8-10H,6-7H2,1-5H3;3H,1,4H2,2H3. The summed E-state index contributed by atoms with van der Waals surface area (Å²) in [5, 5.41) is 13.2. The quantitative estimate of drug-likeness (QED) is 0.0789. The zero-order chi connectivity index (χ0) is 43.0. The smallest absolute Gasteiger partial charge is 0.338 e. The number of fused-ring (bicyclic) bond motifs is 3. The Bertz CT molecular complexity index is 2430. The number of allylic oxidation sites excluding steroid dienone is 1. The van der Waals surface area contributed by atoms with Crippen molar-refractivity contribution in [2.45, 2.75) is 85.8 Å². The molecular formula is C46H51ClN6O6. The third-order valence-corrected chi connectivity index (χ3v) is 9.87. The largest absolute Gasteiger partial charge is 0.485 e. The van der Waals surface area contributed by atoms with Crippen LogP contribution in [0.4, 0.5) is 11.4 Å². The van der Waals surface area contributed by atoms with Gasteiger partial charge in [-0.1, -0.05) is 62.4 Å². The normalized spacial score (nSPS) is 13.8. The Morgan fingerprint density at radius 2 is 1.80 bits per heavy atom. The summed E-state index contributed by atoms with van der Waals surface area (Å²) in [4.78, 5) is 54.8. The second kappa shape index (κ2) is 19.0. The van der Waals surface area contributed by atoms with E-state index in [1.54, 1.807) is 24.3 Å². The molecule has 3 aromatic carbocycles. The zero-order valence-electron chi connectivity index (χ0n) is 34.6. The van der Waals surface area contributed by atoms with Crippen molar-refractivity contribution in [2.75, 3.05) is 17.2 Å². The molecule has 12 nitrogen and oxygen atoms in total. The van der Waals surface area contributed by atoms with Gasteiger partial charge >= 0.3 is 5.97 Å². The molecule has 2 aromatic heterocycles. The van der Waals surface area contributed by atoms with E-state index in [1.807, 2.05) is 58.0 Å². The Balaban J connectivity index is 0.000000250.